The summed E-state index contributed by atoms with van der Waals surface area (Å²) in [6.07, 6.45) is 0.0321. The van der Waals surface area contributed by atoms with E-state index in [1.165, 1.54) is 16.2 Å². The second-order valence-electron chi connectivity index (χ2n) is 7.16. The zero-order valence-corrected chi connectivity index (χ0v) is 18.2. The van der Waals surface area contributed by atoms with Gasteiger partial charge in [-0.2, -0.15) is 0 Å². The Hall–Kier alpha value is -3.58. The molecule has 4 rings (SSSR count). The Kier molecular flexibility index (Phi) is 5.77. The van der Waals surface area contributed by atoms with E-state index in [-0.39, 0.29) is 17.7 Å². The van der Waals surface area contributed by atoms with E-state index >= 15 is 0 Å². The predicted octanol–water partition coefficient (Wildman–Crippen LogP) is 4.94. The third kappa shape index (κ3) is 4.04. The lowest BCUT2D eigenvalue weighted by molar-refractivity contribution is -0.120. The molecule has 1 aromatic heterocycles. The summed E-state index contributed by atoms with van der Waals surface area (Å²) in [5, 5.41) is 5.02. The van der Waals surface area contributed by atoms with E-state index in [1.54, 1.807) is 43.5 Å². The molecule has 1 N–H and O–H groups in total. The van der Waals surface area contributed by atoms with Gasteiger partial charge in [-0.15, -0.1) is 11.3 Å². The van der Waals surface area contributed by atoms with Crippen LogP contribution in [0.25, 0.3) is 5.57 Å². The largest absolute Gasteiger partial charge is 0.495 e. The van der Waals surface area contributed by atoms with Crippen LogP contribution >= 0.6 is 11.3 Å². The molecule has 6 nitrogen and oxygen atoms in total. The SMILES string of the molecule is COc1ccccc1NC1=C(c2cccs2)C(=O)N(c2ccc(OC(C)C)cc2)C1=O. The van der Waals surface area contributed by atoms with Gasteiger partial charge < -0.3 is 14.8 Å². The van der Waals surface area contributed by atoms with Crippen LogP contribution in [0.1, 0.15) is 18.7 Å². The summed E-state index contributed by atoms with van der Waals surface area (Å²) in [5.74, 6) is 0.463. The first kappa shape index (κ1) is 20.7. The standard InChI is InChI=1S/C24H22N2O4S/c1-15(2)30-17-12-10-16(11-13-17)26-23(27)21(20-9-6-14-31-20)22(24(26)28)25-18-7-4-5-8-19(18)29-3/h4-15,25H,1-3H3. The van der Waals surface area contributed by atoms with Gasteiger partial charge in [0.15, 0.2) is 0 Å². The number of para-hydroxylation sites is 2. The summed E-state index contributed by atoms with van der Waals surface area (Å²) in [6, 6.07) is 17.9. The Morgan fingerprint density at radius 2 is 1.68 bits per heavy atom. The smallest absolute Gasteiger partial charge is 0.282 e. The number of rotatable bonds is 7. The maximum absolute atomic E-state index is 13.4. The molecule has 2 amide bonds. The van der Waals surface area contributed by atoms with Crippen molar-refractivity contribution in [1.29, 1.82) is 0 Å². The normalized spacial score (nSPS) is 13.9. The fourth-order valence-electron chi connectivity index (χ4n) is 3.36. The lowest BCUT2D eigenvalue weighted by Crippen LogP contribution is -2.32. The van der Waals surface area contributed by atoms with Crippen LogP contribution in [0, 0.1) is 0 Å². The van der Waals surface area contributed by atoms with E-state index < -0.39 is 5.91 Å². The first-order valence-corrected chi connectivity index (χ1v) is 10.7. The number of benzene rings is 2. The van der Waals surface area contributed by atoms with E-state index in [0.29, 0.717) is 28.4 Å². The number of nitrogens with zero attached hydrogens (tertiary/aromatic N) is 1. The number of carbonyl (C=O) groups excluding carboxylic acids is 2. The number of imide groups is 1. The van der Waals surface area contributed by atoms with Crippen LogP contribution in [0.15, 0.2) is 71.7 Å². The van der Waals surface area contributed by atoms with E-state index in [2.05, 4.69) is 5.32 Å². The van der Waals surface area contributed by atoms with Gasteiger partial charge in [0.25, 0.3) is 11.8 Å². The Morgan fingerprint density at radius 1 is 0.935 bits per heavy atom. The number of hydrogen-bond acceptors (Lipinski definition) is 6. The van der Waals surface area contributed by atoms with Crippen LogP contribution in [-0.4, -0.2) is 25.0 Å². The second kappa shape index (κ2) is 8.65. The van der Waals surface area contributed by atoms with Crippen LogP contribution < -0.4 is 19.7 Å². The van der Waals surface area contributed by atoms with Gasteiger partial charge in [0.2, 0.25) is 0 Å². The van der Waals surface area contributed by atoms with Gasteiger partial charge in [0.1, 0.15) is 17.2 Å². The highest BCUT2D eigenvalue weighted by Crippen LogP contribution is 2.37. The number of hydrogen-bond donors (Lipinski definition) is 1. The number of anilines is 2. The average Bonchev–Trinajstić information content (AvgIpc) is 3.36. The van der Waals surface area contributed by atoms with E-state index in [9.17, 15) is 9.59 Å². The van der Waals surface area contributed by atoms with Gasteiger partial charge in [-0.25, -0.2) is 4.90 Å². The second-order valence-corrected chi connectivity index (χ2v) is 8.11. The quantitative estimate of drug-likeness (QED) is 0.534. The summed E-state index contributed by atoms with van der Waals surface area (Å²) < 4.78 is 11.1. The number of ether oxygens (including phenoxy) is 2. The molecule has 0 atom stereocenters. The van der Waals surface area contributed by atoms with Crippen LogP contribution in [0.2, 0.25) is 0 Å². The number of nitrogens with one attached hydrogen (secondary N) is 1. The van der Waals surface area contributed by atoms with Crippen molar-refractivity contribution >= 4 is 40.1 Å². The van der Waals surface area contributed by atoms with Gasteiger partial charge in [0, 0.05) is 4.88 Å². The monoisotopic (exact) mass is 434 g/mol. The highest BCUT2D eigenvalue weighted by atomic mass is 32.1. The van der Waals surface area contributed by atoms with Gasteiger partial charge in [-0.05, 0) is 61.7 Å². The maximum Gasteiger partial charge on any atom is 0.282 e. The van der Waals surface area contributed by atoms with E-state index in [4.69, 9.17) is 9.47 Å². The van der Waals surface area contributed by atoms with Crippen molar-refractivity contribution in [2.75, 3.05) is 17.3 Å². The minimum atomic E-state index is -0.420. The Bertz CT molecular complexity index is 1130. The first-order chi connectivity index (χ1) is 15.0. The summed E-state index contributed by atoms with van der Waals surface area (Å²) in [5.41, 5.74) is 1.66. The highest BCUT2D eigenvalue weighted by Gasteiger charge is 2.41. The highest BCUT2D eigenvalue weighted by molar-refractivity contribution is 7.11. The van der Waals surface area contributed by atoms with Crippen molar-refractivity contribution in [2.24, 2.45) is 0 Å². The van der Waals surface area contributed by atoms with Crippen LogP contribution in [0.3, 0.4) is 0 Å². The number of carbonyl (C=O) groups is 2. The Labute approximate surface area is 184 Å². The molecular weight excluding hydrogens is 412 g/mol. The van der Waals surface area contributed by atoms with Crippen LogP contribution in [-0.2, 0) is 9.59 Å². The van der Waals surface area contributed by atoms with Crippen molar-refractivity contribution in [2.45, 2.75) is 20.0 Å². The molecular formula is C24H22N2O4S. The molecule has 2 aromatic carbocycles. The molecule has 7 heteroatoms. The number of methoxy groups -OCH3 is 1. The molecule has 0 radical (unpaired) electrons. The molecule has 0 fully saturated rings. The van der Waals surface area contributed by atoms with Crippen molar-refractivity contribution in [1.82, 2.24) is 0 Å². The first-order valence-electron chi connectivity index (χ1n) is 9.83. The molecule has 2 heterocycles. The minimum absolute atomic E-state index is 0.0321. The van der Waals surface area contributed by atoms with E-state index in [1.807, 2.05) is 43.5 Å². The zero-order chi connectivity index (χ0) is 22.0. The van der Waals surface area contributed by atoms with E-state index in [0.717, 1.165) is 4.88 Å². The molecule has 3 aromatic rings. The van der Waals surface area contributed by atoms with Gasteiger partial charge in [-0.3, -0.25) is 9.59 Å². The van der Waals surface area contributed by atoms with Crippen LogP contribution in [0.4, 0.5) is 11.4 Å². The predicted molar refractivity (Wildman–Crippen MR) is 123 cm³/mol. The Balaban J connectivity index is 1.73. The molecule has 0 unspecified atom stereocenters. The van der Waals surface area contributed by atoms with Gasteiger partial charge in [-0.1, -0.05) is 18.2 Å². The Morgan fingerprint density at radius 3 is 2.32 bits per heavy atom. The van der Waals surface area contributed by atoms with Crippen molar-refractivity contribution < 1.29 is 19.1 Å². The molecule has 0 spiro atoms. The third-order valence-corrected chi connectivity index (χ3v) is 5.57. The summed E-state index contributed by atoms with van der Waals surface area (Å²) >= 11 is 1.41. The summed E-state index contributed by atoms with van der Waals surface area (Å²) in [6.45, 7) is 3.88. The molecule has 1 aliphatic rings. The molecule has 0 saturated heterocycles. The average molecular weight is 435 g/mol. The number of thiophene rings is 1. The maximum atomic E-state index is 13.4. The molecule has 0 aliphatic carbocycles. The van der Waals surface area contributed by atoms with Gasteiger partial charge in [0.05, 0.1) is 30.2 Å². The minimum Gasteiger partial charge on any atom is -0.495 e. The fraction of sp³-hybridized carbons (Fsp3) is 0.167. The molecule has 0 bridgehead atoms. The lowest BCUT2D eigenvalue weighted by Gasteiger charge is -2.17. The molecule has 158 valence electrons. The molecule has 31 heavy (non-hydrogen) atoms. The van der Waals surface area contributed by atoms with Crippen molar-refractivity contribution in [3.63, 3.8) is 0 Å². The summed E-state index contributed by atoms with van der Waals surface area (Å²) in [4.78, 5) is 28.7. The topological polar surface area (TPSA) is 67.9 Å². The van der Waals surface area contributed by atoms with Gasteiger partial charge >= 0.3 is 0 Å². The summed E-state index contributed by atoms with van der Waals surface area (Å²) in [7, 11) is 1.56. The van der Waals surface area contributed by atoms with Crippen LogP contribution in [0.5, 0.6) is 11.5 Å². The molecule has 1 aliphatic heterocycles. The van der Waals surface area contributed by atoms with Crippen molar-refractivity contribution in [3.8, 4) is 11.5 Å². The third-order valence-electron chi connectivity index (χ3n) is 4.68. The fourth-order valence-corrected chi connectivity index (χ4v) is 4.13. The zero-order valence-electron chi connectivity index (χ0n) is 17.4. The lowest BCUT2D eigenvalue weighted by atomic mass is 10.1. The molecule has 0 saturated carbocycles. The van der Waals surface area contributed by atoms with Crippen molar-refractivity contribution in [3.05, 3.63) is 76.6 Å². The number of amides is 2.